The van der Waals surface area contributed by atoms with Crippen LogP contribution in [0.4, 0.5) is 5.69 Å². The van der Waals surface area contributed by atoms with Crippen molar-refractivity contribution in [2.45, 2.75) is 19.8 Å². The van der Waals surface area contributed by atoms with Crippen LogP contribution in [0.2, 0.25) is 0 Å². The lowest BCUT2D eigenvalue weighted by atomic mass is 10.0. The first-order valence-corrected chi connectivity index (χ1v) is 11.5. The minimum atomic E-state index is -0.298. The van der Waals surface area contributed by atoms with E-state index >= 15 is 0 Å². The molecule has 0 spiro atoms. The molecule has 0 saturated heterocycles. The smallest absolute Gasteiger partial charge is 0.262 e. The molecule has 4 aromatic carbocycles. The zero-order chi connectivity index (χ0) is 24.4. The Morgan fingerprint density at radius 2 is 1.80 bits per heavy atom. The summed E-state index contributed by atoms with van der Waals surface area (Å²) in [6, 6.07) is 25.2. The van der Waals surface area contributed by atoms with Crippen LogP contribution >= 0.6 is 0 Å². The second-order valence-corrected chi connectivity index (χ2v) is 8.66. The molecule has 0 atom stereocenters. The van der Waals surface area contributed by atoms with Crippen LogP contribution in [0.15, 0.2) is 83.3 Å². The topological polar surface area (TPSA) is 73.6 Å². The van der Waals surface area contributed by atoms with E-state index in [1.54, 1.807) is 19.2 Å². The van der Waals surface area contributed by atoms with Crippen molar-refractivity contribution in [2.24, 2.45) is 0 Å². The van der Waals surface area contributed by atoms with E-state index in [4.69, 9.17) is 13.9 Å². The van der Waals surface area contributed by atoms with Crippen molar-refractivity contribution in [3.8, 4) is 23.0 Å². The molecular weight excluding hydrogens is 440 g/mol. The maximum atomic E-state index is 12.7. The van der Waals surface area contributed by atoms with Gasteiger partial charge in [-0.1, -0.05) is 50.2 Å². The number of amides is 1. The number of aromatic nitrogens is 1. The molecule has 0 aliphatic rings. The van der Waals surface area contributed by atoms with E-state index in [0.717, 1.165) is 27.4 Å². The number of benzene rings is 4. The summed E-state index contributed by atoms with van der Waals surface area (Å²) in [6.45, 7) is 4.15. The third-order valence-corrected chi connectivity index (χ3v) is 5.89. The number of nitrogens with zero attached hydrogens (tertiary/aromatic N) is 1. The Labute approximate surface area is 203 Å². The van der Waals surface area contributed by atoms with Gasteiger partial charge in [0.2, 0.25) is 5.89 Å². The molecule has 0 aliphatic heterocycles. The lowest BCUT2D eigenvalue weighted by Gasteiger charge is -2.12. The molecule has 5 aromatic rings. The van der Waals surface area contributed by atoms with Crippen molar-refractivity contribution in [2.75, 3.05) is 19.0 Å². The van der Waals surface area contributed by atoms with Crippen molar-refractivity contribution < 1.29 is 18.7 Å². The summed E-state index contributed by atoms with van der Waals surface area (Å²) in [5, 5.41) is 5.05. The van der Waals surface area contributed by atoms with Crippen LogP contribution in [0.25, 0.3) is 33.3 Å². The summed E-state index contributed by atoms with van der Waals surface area (Å²) >= 11 is 0. The average Bonchev–Trinajstić information content (AvgIpc) is 3.31. The first-order valence-electron chi connectivity index (χ1n) is 11.5. The fourth-order valence-corrected chi connectivity index (χ4v) is 3.96. The molecule has 1 heterocycles. The minimum Gasteiger partial charge on any atom is -0.495 e. The molecular formula is C29H26N2O4. The second-order valence-electron chi connectivity index (χ2n) is 8.66. The highest BCUT2D eigenvalue weighted by Gasteiger charge is 2.15. The van der Waals surface area contributed by atoms with Gasteiger partial charge >= 0.3 is 0 Å². The van der Waals surface area contributed by atoms with Crippen LogP contribution in [-0.4, -0.2) is 24.6 Å². The van der Waals surface area contributed by atoms with Crippen molar-refractivity contribution in [3.63, 3.8) is 0 Å². The molecule has 5 rings (SSSR count). The first-order chi connectivity index (χ1) is 17.0. The maximum absolute atomic E-state index is 12.7. The summed E-state index contributed by atoms with van der Waals surface area (Å²) in [7, 11) is 1.56. The Morgan fingerprint density at radius 3 is 2.60 bits per heavy atom. The number of hydrogen-bond acceptors (Lipinski definition) is 5. The van der Waals surface area contributed by atoms with Gasteiger partial charge in [-0.3, -0.25) is 4.79 Å². The number of methoxy groups -OCH3 is 1. The molecule has 6 heteroatoms. The highest BCUT2D eigenvalue weighted by molar-refractivity contribution is 5.94. The number of rotatable bonds is 7. The van der Waals surface area contributed by atoms with Gasteiger partial charge in [0.15, 0.2) is 12.2 Å². The molecule has 1 amide bonds. The largest absolute Gasteiger partial charge is 0.495 e. The van der Waals surface area contributed by atoms with E-state index in [-0.39, 0.29) is 12.5 Å². The zero-order valence-corrected chi connectivity index (χ0v) is 19.9. The highest BCUT2D eigenvalue weighted by atomic mass is 16.5. The number of carbonyl (C=O) groups is 1. The zero-order valence-electron chi connectivity index (χ0n) is 19.9. The Hall–Kier alpha value is -4.32. The predicted molar refractivity (Wildman–Crippen MR) is 138 cm³/mol. The monoisotopic (exact) mass is 466 g/mol. The van der Waals surface area contributed by atoms with Crippen molar-refractivity contribution in [3.05, 3.63) is 84.4 Å². The molecule has 0 bridgehead atoms. The molecule has 176 valence electrons. The molecule has 1 N–H and O–H groups in total. The summed E-state index contributed by atoms with van der Waals surface area (Å²) in [5.41, 5.74) is 3.97. The van der Waals surface area contributed by atoms with Crippen LogP contribution < -0.4 is 14.8 Å². The standard InChI is InChI=1S/C29H26N2O4/c1-18(2)20-9-13-27-25(15-20)31-29(35-27)22-10-12-26(33-3)24(16-22)30-28(32)17-34-23-11-8-19-6-4-5-7-21(19)14-23/h4-16,18H,17H2,1-3H3,(H,30,32). The summed E-state index contributed by atoms with van der Waals surface area (Å²) in [5.74, 6) is 1.75. The van der Waals surface area contributed by atoms with Crippen LogP contribution in [0, 0.1) is 0 Å². The number of nitrogens with one attached hydrogen (secondary N) is 1. The fraction of sp³-hybridized carbons (Fsp3) is 0.172. The van der Waals surface area contributed by atoms with Crippen LogP contribution in [-0.2, 0) is 4.79 Å². The van der Waals surface area contributed by atoms with Gasteiger partial charge in [-0.05, 0) is 64.7 Å². The van der Waals surface area contributed by atoms with Crippen LogP contribution in [0.3, 0.4) is 0 Å². The second kappa shape index (κ2) is 9.50. The average molecular weight is 467 g/mol. The number of fused-ring (bicyclic) bond motifs is 2. The molecule has 35 heavy (non-hydrogen) atoms. The van der Waals surface area contributed by atoms with E-state index in [2.05, 4.69) is 30.2 Å². The van der Waals surface area contributed by atoms with E-state index < -0.39 is 0 Å². The van der Waals surface area contributed by atoms with Gasteiger partial charge < -0.3 is 19.2 Å². The fourth-order valence-electron chi connectivity index (χ4n) is 3.96. The number of anilines is 1. The van der Waals surface area contributed by atoms with Crippen LogP contribution in [0.5, 0.6) is 11.5 Å². The van der Waals surface area contributed by atoms with Crippen molar-refractivity contribution in [1.82, 2.24) is 4.98 Å². The number of oxazole rings is 1. The molecule has 6 nitrogen and oxygen atoms in total. The first kappa shape index (κ1) is 22.5. The molecule has 1 aromatic heterocycles. The Morgan fingerprint density at radius 1 is 0.971 bits per heavy atom. The molecule has 0 radical (unpaired) electrons. The molecule has 0 aliphatic carbocycles. The van der Waals surface area contributed by atoms with Crippen molar-refractivity contribution in [1.29, 1.82) is 0 Å². The minimum absolute atomic E-state index is 0.132. The lowest BCUT2D eigenvalue weighted by molar-refractivity contribution is -0.118. The summed E-state index contributed by atoms with van der Waals surface area (Å²) in [4.78, 5) is 17.3. The normalized spacial score (nSPS) is 11.2. The molecule has 0 fully saturated rings. The van der Waals surface area contributed by atoms with E-state index in [1.165, 1.54) is 5.56 Å². The molecule has 0 unspecified atom stereocenters. The predicted octanol–water partition coefficient (Wildman–Crippen LogP) is 6.80. The van der Waals surface area contributed by atoms with Gasteiger partial charge in [-0.2, -0.15) is 0 Å². The quantitative estimate of drug-likeness (QED) is 0.286. The third kappa shape index (κ3) is 4.82. The van der Waals surface area contributed by atoms with E-state index in [0.29, 0.717) is 29.0 Å². The van der Waals surface area contributed by atoms with Gasteiger partial charge in [0.05, 0.1) is 12.8 Å². The highest BCUT2D eigenvalue weighted by Crippen LogP contribution is 2.32. The Kier molecular flexibility index (Phi) is 6.10. The SMILES string of the molecule is COc1ccc(-c2nc3cc(C(C)C)ccc3o2)cc1NC(=O)COc1ccc2ccccc2c1. The summed E-state index contributed by atoms with van der Waals surface area (Å²) < 4.78 is 17.1. The van der Waals surface area contributed by atoms with E-state index in [9.17, 15) is 4.79 Å². The number of carbonyl (C=O) groups excluding carboxylic acids is 1. The van der Waals surface area contributed by atoms with E-state index in [1.807, 2.05) is 60.7 Å². The van der Waals surface area contributed by atoms with Gasteiger partial charge in [-0.15, -0.1) is 0 Å². The van der Waals surface area contributed by atoms with Gasteiger partial charge in [0, 0.05) is 5.56 Å². The third-order valence-electron chi connectivity index (χ3n) is 5.89. The molecule has 0 saturated carbocycles. The summed E-state index contributed by atoms with van der Waals surface area (Å²) in [6.07, 6.45) is 0. The van der Waals surface area contributed by atoms with Crippen LogP contribution in [0.1, 0.15) is 25.3 Å². The van der Waals surface area contributed by atoms with Crippen molar-refractivity contribution >= 4 is 33.5 Å². The Bertz CT molecular complexity index is 1520. The number of ether oxygens (including phenoxy) is 2. The Balaban J connectivity index is 1.33. The maximum Gasteiger partial charge on any atom is 0.262 e. The lowest BCUT2D eigenvalue weighted by Crippen LogP contribution is -2.20. The van der Waals surface area contributed by atoms with Gasteiger partial charge in [0.1, 0.15) is 17.0 Å². The van der Waals surface area contributed by atoms with Gasteiger partial charge in [-0.25, -0.2) is 4.98 Å². The number of hydrogen-bond donors (Lipinski definition) is 1. The van der Waals surface area contributed by atoms with Gasteiger partial charge in [0.25, 0.3) is 5.91 Å².